The minimum absolute atomic E-state index is 0.0343. The third-order valence-electron chi connectivity index (χ3n) is 2.72. The Hall–Kier alpha value is -1.02. The van der Waals surface area contributed by atoms with Crippen LogP contribution in [0.5, 0.6) is 5.75 Å². The maximum absolute atomic E-state index is 6.19. The Morgan fingerprint density at radius 2 is 1.87 bits per heavy atom. The second kappa shape index (κ2) is 4.23. The predicted molar refractivity (Wildman–Crippen MR) is 64.1 cm³/mol. The van der Waals surface area contributed by atoms with E-state index in [0.29, 0.717) is 0 Å². The zero-order valence-corrected chi connectivity index (χ0v) is 10.3. The zero-order valence-electron chi connectivity index (χ0n) is 10.3. The van der Waals surface area contributed by atoms with E-state index in [1.807, 2.05) is 13.0 Å². The molecule has 1 unspecified atom stereocenters. The van der Waals surface area contributed by atoms with E-state index in [2.05, 4.69) is 32.9 Å². The molecule has 0 aliphatic heterocycles. The first-order valence-electron chi connectivity index (χ1n) is 5.26. The lowest BCUT2D eigenvalue weighted by Gasteiger charge is -2.27. The van der Waals surface area contributed by atoms with Crippen LogP contribution in [0.25, 0.3) is 0 Å². The smallest absolute Gasteiger partial charge is 0.122 e. The van der Waals surface area contributed by atoms with E-state index >= 15 is 0 Å². The summed E-state index contributed by atoms with van der Waals surface area (Å²) < 4.78 is 5.29. The summed E-state index contributed by atoms with van der Waals surface area (Å²) in [4.78, 5) is 0. The molecule has 15 heavy (non-hydrogen) atoms. The molecular weight excluding hydrogens is 186 g/mol. The topological polar surface area (TPSA) is 35.2 Å². The molecule has 0 amide bonds. The quantitative estimate of drug-likeness (QED) is 0.809. The molecule has 0 heterocycles. The van der Waals surface area contributed by atoms with Crippen LogP contribution in [-0.2, 0) is 0 Å². The minimum atomic E-state index is 0.0343. The Bertz CT molecular complexity index is 339. The van der Waals surface area contributed by atoms with Crippen LogP contribution >= 0.6 is 0 Å². The van der Waals surface area contributed by atoms with Crippen molar-refractivity contribution >= 4 is 0 Å². The van der Waals surface area contributed by atoms with Crippen LogP contribution in [0.1, 0.15) is 37.9 Å². The Morgan fingerprint density at radius 3 is 2.33 bits per heavy atom. The highest BCUT2D eigenvalue weighted by Gasteiger charge is 2.22. The van der Waals surface area contributed by atoms with Crippen molar-refractivity contribution in [3.63, 3.8) is 0 Å². The van der Waals surface area contributed by atoms with E-state index in [9.17, 15) is 0 Å². The number of hydrogen-bond acceptors (Lipinski definition) is 2. The van der Waals surface area contributed by atoms with Gasteiger partial charge in [-0.1, -0.05) is 32.9 Å². The van der Waals surface area contributed by atoms with Gasteiger partial charge in [-0.05, 0) is 29.5 Å². The van der Waals surface area contributed by atoms with Crippen molar-refractivity contribution in [2.45, 2.75) is 33.7 Å². The van der Waals surface area contributed by atoms with Crippen LogP contribution in [-0.4, -0.2) is 7.11 Å². The van der Waals surface area contributed by atoms with Crippen LogP contribution in [0.3, 0.4) is 0 Å². The molecule has 84 valence electrons. The molecule has 2 heteroatoms. The molecule has 0 saturated heterocycles. The summed E-state index contributed by atoms with van der Waals surface area (Å²) in [6.07, 6.45) is 0. The second-order valence-corrected chi connectivity index (χ2v) is 5.07. The van der Waals surface area contributed by atoms with E-state index in [0.717, 1.165) is 16.9 Å². The van der Waals surface area contributed by atoms with Crippen LogP contribution < -0.4 is 10.5 Å². The van der Waals surface area contributed by atoms with Gasteiger partial charge in [-0.15, -0.1) is 0 Å². The van der Waals surface area contributed by atoms with Crippen LogP contribution in [0.15, 0.2) is 18.2 Å². The van der Waals surface area contributed by atoms with Gasteiger partial charge in [0.1, 0.15) is 5.75 Å². The Kier molecular flexibility index (Phi) is 3.40. The summed E-state index contributed by atoms with van der Waals surface area (Å²) >= 11 is 0. The van der Waals surface area contributed by atoms with Crippen molar-refractivity contribution in [1.82, 2.24) is 0 Å². The maximum atomic E-state index is 6.19. The molecule has 2 nitrogen and oxygen atoms in total. The van der Waals surface area contributed by atoms with Crippen LogP contribution in [0.2, 0.25) is 0 Å². The number of nitrogens with two attached hydrogens (primary N) is 1. The van der Waals surface area contributed by atoms with E-state index in [1.165, 1.54) is 0 Å². The van der Waals surface area contributed by atoms with Crippen molar-refractivity contribution in [3.8, 4) is 5.75 Å². The third-order valence-corrected chi connectivity index (χ3v) is 2.72. The largest absolute Gasteiger partial charge is 0.496 e. The average molecular weight is 207 g/mol. The van der Waals surface area contributed by atoms with Gasteiger partial charge in [0.15, 0.2) is 0 Å². The molecule has 0 spiro atoms. The second-order valence-electron chi connectivity index (χ2n) is 5.07. The summed E-state index contributed by atoms with van der Waals surface area (Å²) in [5.74, 6) is 0.909. The van der Waals surface area contributed by atoms with Gasteiger partial charge in [-0.3, -0.25) is 0 Å². The number of rotatable bonds is 2. The highest BCUT2D eigenvalue weighted by atomic mass is 16.5. The first-order chi connectivity index (χ1) is 6.86. The summed E-state index contributed by atoms with van der Waals surface area (Å²) in [6.45, 7) is 8.46. The average Bonchev–Trinajstić information content (AvgIpc) is 2.16. The van der Waals surface area contributed by atoms with Crippen molar-refractivity contribution in [2.75, 3.05) is 7.11 Å². The molecule has 2 N–H and O–H groups in total. The Balaban J connectivity index is 3.06. The fourth-order valence-corrected chi connectivity index (χ4v) is 1.53. The lowest BCUT2D eigenvalue weighted by atomic mass is 9.83. The predicted octanol–water partition coefficient (Wildman–Crippen LogP) is 3.05. The molecular formula is C13H21NO. The lowest BCUT2D eigenvalue weighted by Crippen LogP contribution is -2.26. The van der Waals surface area contributed by atoms with Crippen LogP contribution in [0, 0.1) is 12.3 Å². The number of methoxy groups -OCH3 is 1. The van der Waals surface area contributed by atoms with Gasteiger partial charge < -0.3 is 10.5 Å². The van der Waals surface area contributed by atoms with Gasteiger partial charge in [-0.25, -0.2) is 0 Å². The highest BCUT2D eigenvalue weighted by Crippen LogP contribution is 2.32. The van der Waals surface area contributed by atoms with Crippen molar-refractivity contribution in [1.29, 1.82) is 0 Å². The SMILES string of the molecule is COc1cc(C(N)C(C)(C)C)ccc1C. The molecule has 0 aromatic heterocycles. The zero-order chi connectivity index (χ0) is 11.6. The van der Waals surface area contributed by atoms with Gasteiger partial charge in [0.25, 0.3) is 0 Å². The first-order valence-corrected chi connectivity index (χ1v) is 5.26. The molecule has 1 rings (SSSR count). The lowest BCUT2D eigenvalue weighted by molar-refractivity contribution is 0.325. The molecule has 0 fully saturated rings. The van der Waals surface area contributed by atoms with Crippen molar-refractivity contribution in [2.24, 2.45) is 11.1 Å². The molecule has 0 bridgehead atoms. The number of aryl methyl sites for hydroxylation is 1. The molecule has 1 aromatic carbocycles. The van der Waals surface area contributed by atoms with E-state index in [4.69, 9.17) is 10.5 Å². The summed E-state index contributed by atoms with van der Waals surface area (Å²) in [5, 5.41) is 0. The van der Waals surface area contributed by atoms with E-state index in [-0.39, 0.29) is 11.5 Å². The van der Waals surface area contributed by atoms with Crippen LogP contribution in [0.4, 0.5) is 0 Å². The standard InChI is InChI=1S/C13H21NO/c1-9-6-7-10(8-11(9)15-5)12(14)13(2,3)4/h6-8,12H,14H2,1-5H3. The number of hydrogen-bond donors (Lipinski definition) is 1. The molecule has 0 saturated carbocycles. The minimum Gasteiger partial charge on any atom is -0.496 e. The monoisotopic (exact) mass is 207 g/mol. The van der Waals surface area contributed by atoms with Gasteiger partial charge in [0, 0.05) is 6.04 Å². The van der Waals surface area contributed by atoms with Crippen molar-refractivity contribution in [3.05, 3.63) is 29.3 Å². The molecule has 1 aromatic rings. The summed E-state index contributed by atoms with van der Waals surface area (Å²) in [5.41, 5.74) is 8.53. The fourth-order valence-electron chi connectivity index (χ4n) is 1.53. The molecule has 0 aliphatic rings. The molecule has 1 atom stereocenters. The van der Waals surface area contributed by atoms with Gasteiger partial charge >= 0.3 is 0 Å². The highest BCUT2D eigenvalue weighted by molar-refractivity contribution is 5.38. The molecule has 0 radical (unpaired) electrons. The normalized spacial score (nSPS) is 13.7. The van der Waals surface area contributed by atoms with E-state index in [1.54, 1.807) is 7.11 Å². The summed E-state index contributed by atoms with van der Waals surface area (Å²) in [6, 6.07) is 6.20. The van der Waals surface area contributed by atoms with Gasteiger partial charge in [0.05, 0.1) is 7.11 Å². The summed E-state index contributed by atoms with van der Waals surface area (Å²) in [7, 11) is 1.69. The first kappa shape index (κ1) is 12.1. The molecule has 0 aliphatic carbocycles. The number of benzene rings is 1. The Labute approximate surface area is 92.4 Å². The van der Waals surface area contributed by atoms with Gasteiger partial charge in [0.2, 0.25) is 0 Å². The Morgan fingerprint density at radius 1 is 1.27 bits per heavy atom. The van der Waals surface area contributed by atoms with Crippen molar-refractivity contribution < 1.29 is 4.74 Å². The fraction of sp³-hybridized carbons (Fsp3) is 0.538. The van der Waals surface area contributed by atoms with Gasteiger partial charge in [-0.2, -0.15) is 0 Å². The number of ether oxygens (including phenoxy) is 1. The maximum Gasteiger partial charge on any atom is 0.122 e. The van der Waals surface area contributed by atoms with E-state index < -0.39 is 0 Å². The third kappa shape index (κ3) is 2.72.